The number of piperidine rings is 1. The molecule has 0 saturated carbocycles. The average molecular weight is 366 g/mol. The molecule has 0 radical (unpaired) electrons. The number of nitrogens with one attached hydrogen (secondary N) is 1. The highest BCUT2D eigenvalue weighted by Gasteiger charge is 2.19. The van der Waals surface area contributed by atoms with Crippen LogP contribution in [0, 0.1) is 0 Å². The van der Waals surface area contributed by atoms with E-state index < -0.39 is 5.97 Å². The van der Waals surface area contributed by atoms with E-state index in [4.69, 9.17) is 4.74 Å². The van der Waals surface area contributed by atoms with Gasteiger partial charge in [0.05, 0.1) is 18.4 Å². The molecule has 0 atom stereocenters. The second-order valence-corrected chi connectivity index (χ2v) is 6.42. The van der Waals surface area contributed by atoms with E-state index in [1.165, 1.54) is 7.11 Å². The molecule has 1 heterocycles. The number of benzene rings is 2. The van der Waals surface area contributed by atoms with Crippen molar-refractivity contribution in [3.8, 4) is 0 Å². The van der Waals surface area contributed by atoms with E-state index in [0.717, 1.165) is 32.4 Å². The number of carbonyl (C=O) groups is 3. The van der Waals surface area contributed by atoms with Gasteiger partial charge in [-0.05, 0) is 55.7 Å². The molecule has 2 amide bonds. The summed E-state index contributed by atoms with van der Waals surface area (Å²) in [7, 11) is 1.29. The Morgan fingerprint density at radius 2 is 1.52 bits per heavy atom. The van der Waals surface area contributed by atoms with Crippen molar-refractivity contribution in [2.45, 2.75) is 19.3 Å². The summed E-state index contributed by atoms with van der Waals surface area (Å²) in [5, 5.41) is 2.72. The highest BCUT2D eigenvalue weighted by Crippen LogP contribution is 2.18. The van der Waals surface area contributed by atoms with Crippen molar-refractivity contribution in [3.63, 3.8) is 0 Å². The number of methoxy groups -OCH3 is 1. The Morgan fingerprint density at radius 3 is 2.19 bits per heavy atom. The normalized spacial score (nSPS) is 13.7. The van der Waals surface area contributed by atoms with Crippen molar-refractivity contribution in [2.24, 2.45) is 0 Å². The SMILES string of the molecule is COC(=O)c1ccccc1NC(=O)c1ccc(C(=O)N2CCCCC2)cc1. The van der Waals surface area contributed by atoms with Gasteiger partial charge in [0.25, 0.3) is 11.8 Å². The number of para-hydroxylation sites is 1. The first kappa shape index (κ1) is 18.6. The van der Waals surface area contributed by atoms with Crippen LogP contribution in [0.3, 0.4) is 0 Å². The summed E-state index contributed by atoms with van der Waals surface area (Å²) in [4.78, 5) is 38.7. The van der Waals surface area contributed by atoms with Crippen LogP contribution in [0.15, 0.2) is 48.5 Å². The highest BCUT2D eigenvalue weighted by atomic mass is 16.5. The largest absolute Gasteiger partial charge is 0.465 e. The van der Waals surface area contributed by atoms with Gasteiger partial charge in [0.2, 0.25) is 0 Å². The minimum Gasteiger partial charge on any atom is -0.465 e. The first-order valence-corrected chi connectivity index (χ1v) is 8.98. The number of esters is 1. The molecule has 1 fully saturated rings. The lowest BCUT2D eigenvalue weighted by atomic mass is 10.1. The quantitative estimate of drug-likeness (QED) is 0.842. The first-order valence-electron chi connectivity index (χ1n) is 8.98. The molecule has 6 nitrogen and oxygen atoms in total. The van der Waals surface area contributed by atoms with Crippen LogP contribution in [-0.4, -0.2) is 42.9 Å². The number of nitrogens with zero attached hydrogens (tertiary/aromatic N) is 1. The molecule has 27 heavy (non-hydrogen) atoms. The summed E-state index contributed by atoms with van der Waals surface area (Å²) in [6.07, 6.45) is 3.23. The summed E-state index contributed by atoms with van der Waals surface area (Å²) in [5.74, 6) is -0.880. The van der Waals surface area contributed by atoms with Crippen molar-refractivity contribution < 1.29 is 19.1 Å². The van der Waals surface area contributed by atoms with E-state index in [9.17, 15) is 14.4 Å². The van der Waals surface area contributed by atoms with Gasteiger partial charge in [-0.25, -0.2) is 4.79 Å². The van der Waals surface area contributed by atoms with Gasteiger partial charge in [0, 0.05) is 24.2 Å². The molecule has 3 rings (SSSR count). The van der Waals surface area contributed by atoms with Gasteiger partial charge >= 0.3 is 5.97 Å². The molecular formula is C21H22N2O4. The van der Waals surface area contributed by atoms with Crippen molar-refractivity contribution in [1.29, 1.82) is 0 Å². The Morgan fingerprint density at radius 1 is 0.889 bits per heavy atom. The van der Waals surface area contributed by atoms with E-state index in [-0.39, 0.29) is 17.4 Å². The molecule has 2 aromatic carbocycles. The van der Waals surface area contributed by atoms with Crippen molar-refractivity contribution in [1.82, 2.24) is 4.90 Å². The van der Waals surface area contributed by atoms with E-state index in [1.807, 2.05) is 4.90 Å². The van der Waals surface area contributed by atoms with Crippen LogP contribution >= 0.6 is 0 Å². The zero-order valence-electron chi connectivity index (χ0n) is 15.2. The van der Waals surface area contributed by atoms with Gasteiger partial charge in [-0.1, -0.05) is 12.1 Å². The number of hydrogen-bond acceptors (Lipinski definition) is 4. The molecule has 140 valence electrons. The van der Waals surface area contributed by atoms with E-state index in [0.29, 0.717) is 16.8 Å². The van der Waals surface area contributed by atoms with Crippen LogP contribution in [0.25, 0.3) is 0 Å². The molecule has 0 aliphatic carbocycles. The lowest BCUT2D eigenvalue weighted by molar-refractivity contribution is 0.0601. The van der Waals surface area contributed by atoms with Gasteiger partial charge < -0.3 is 15.0 Å². The molecule has 6 heteroatoms. The van der Waals surface area contributed by atoms with Gasteiger partial charge in [0.1, 0.15) is 0 Å². The number of likely N-dealkylation sites (tertiary alicyclic amines) is 1. The van der Waals surface area contributed by atoms with Crippen LogP contribution < -0.4 is 5.32 Å². The Kier molecular flexibility index (Phi) is 5.86. The summed E-state index contributed by atoms with van der Waals surface area (Å²) in [5.41, 5.74) is 1.64. The third-order valence-corrected chi connectivity index (χ3v) is 4.62. The maximum Gasteiger partial charge on any atom is 0.339 e. The van der Waals surface area contributed by atoms with Crippen molar-refractivity contribution >= 4 is 23.5 Å². The number of ether oxygens (including phenoxy) is 1. The smallest absolute Gasteiger partial charge is 0.339 e. The summed E-state index contributed by atoms with van der Waals surface area (Å²) >= 11 is 0. The van der Waals surface area contributed by atoms with Crippen LogP contribution in [-0.2, 0) is 4.74 Å². The third-order valence-electron chi connectivity index (χ3n) is 4.62. The molecule has 0 spiro atoms. The van der Waals surface area contributed by atoms with E-state index in [1.54, 1.807) is 48.5 Å². The van der Waals surface area contributed by atoms with Crippen LogP contribution in [0.5, 0.6) is 0 Å². The molecule has 0 aromatic heterocycles. The number of rotatable bonds is 4. The fourth-order valence-corrected chi connectivity index (χ4v) is 3.12. The number of amides is 2. The predicted octanol–water partition coefficient (Wildman–Crippen LogP) is 3.35. The van der Waals surface area contributed by atoms with Gasteiger partial charge in [-0.3, -0.25) is 9.59 Å². The highest BCUT2D eigenvalue weighted by molar-refractivity contribution is 6.08. The van der Waals surface area contributed by atoms with E-state index >= 15 is 0 Å². The molecule has 1 saturated heterocycles. The molecule has 2 aromatic rings. The number of carbonyl (C=O) groups excluding carboxylic acids is 3. The number of hydrogen-bond donors (Lipinski definition) is 1. The predicted molar refractivity (Wildman–Crippen MR) is 102 cm³/mol. The summed E-state index contributed by atoms with van der Waals surface area (Å²) in [6.45, 7) is 1.57. The van der Waals surface area contributed by atoms with Gasteiger partial charge in [0.15, 0.2) is 0 Å². The van der Waals surface area contributed by atoms with Crippen LogP contribution in [0.4, 0.5) is 5.69 Å². The number of anilines is 1. The maximum absolute atomic E-state index is 12.5. The zero-order chi connectivity index (χ0) is 19.2. The molecule has 1 aliphatic heterocycles. The molecule has 0 unspecified atom stereocenters. The second kappa shape index (κ2) is 8.49. The Bertz CT molecular complexity index is 840. The fraction of sp³-hybridized carbons (Fsp3) is 0.286. The Hall–Kier alpha value is -3.15. The monoisotopic (exact) mass is 366 g/mol. The topological polar surface area (TPSA) is 75.7 Å². The maximum atomic E-state index is 12.5. The van der Waals surface area contributed by atoms with E-state index in [2.05, 4.69) is 5.32 Å². The van der Waals surface area contributed by atoms with Crippen LogP contribution in [0.1, 0.15) is 50.3 Å². The Labute approximate surface area is 158 Å². The lowest BCUT2D eigenvalue weighted by Crippen LogP contribution is -2.35. The minimum atomic E-state index is -0.520. The lowest BCUT2D eigenvalue weighted by Gasteiger charge is -2.26. The zero-order valence-corrected chi connectivity index (χ0v) is 15.2. The van der Waals surface area contributed by atoms with Crippen molar-refractivity contribution in [2.75, 3.05) is 25.5 Å². The standard InChI is InChI=1S/C21H22N2O4/c1-27-21(26)17-7-3-4-8-18(17)22-19(24)15-9-11-16(12-10-15)20(25)23-13-5-2-6-14-23/h3-4,7-12H,2,5-6,13-14H2,1H3,(H,22,24). The summed E-state index contributed by atoms with van der Waals surface area (Å²) in [6, 6.07) is 13.2. The van der Waals surface area contributed by atoms with Crippen LogP contribution in [0.2, 0.25) is 0 Å². The summed E-state index contributed by atoms with van der Waals surface area (Å²) < 4.78 is 4.73. The Balaban J connectivity index is 1.71. The van der Waals surface area contributed by atoms with Gasteiger partial charge in [-0.2, -0.15) is 0 Å². The molecule has 0 bridgehead atoms. The van der Waals surface area contributed by atoms with Gasteiger partial charge in [-0.15, -0.1) is 0 Å². The minimum absolute atomic E-state index is 0.00213. The fourth-order valence-electron chi connectivity index (χ4n) is 3.12. The third kappa shape index (κ3) is 4.34. The first-order chi connectivity index (χ1) is 13.1. The second-order valence-electron chi connectivity index (χ2n) is 6.42. The average Bonchev–Trinajstić information content (AvgIpc) is 2.73. The van der Waals surface area contributed by atoms with Crippen molar-refractivity contribution in [3.05, 3.63) is 65.2 Å². The molecule has 1 N–H and O–H groups in total. The molecule has 1 aliphatic rings. The molecular weight excluding hydrogens is 344 g/mol.